The fraction of sp³-hybridized carbons (Fsp3) is 0.259. The highest BCUT2D eigenvalue weighted by molar-refractivity contribution is 7.92. The summed E-state index contributed by atoms with van der Waals surface area (Å²) in [6, 6.07) is 20.7. The fourth-order valence-corrected chi connectivity index (χ4v) is 5.56. The Labute approximate surface area is 222 Å². The first kappa shape index (κ1) is 28.0. The summed E-state index contributed by atoms with van der Waals surface area (Å²) in [6.07, 6.45) is 0.337. The number of hydrogen-bond donors (Lipinski definition) is 1. The summed E-state index contributed by atoms with van der Waals surface area (Å²) in [5.41, 5.74) is 0.913. The van der Waals surface area contributed by atoms with Crippen LogP contribution in [0.3, 0.4) is 0 Å². The van der Waals surface area contributed by atoms with E-state index in [4.69, 9.17) is 16.3 Å². The fourth-order valence-electron chi connectivity index (χ4n) is 3.96. The molecule has 0 spiro atoms. The van der Waals surface area contributed by atoms with Crippen LogP contribution in [0.2, 0.25) is 5.02 Å². The maximum absolute atomic E-state index is 13.9. The number of methoxy groups -OCH3 is 1. The molecule has 1 atom stereocenters. The molecule has 0 heterocycles. The number of nitrogens with one attached hydrogen (secondary N) is 1. The minimum Gasteiger partial charge on any atom is -0.495 e. The van der Waals surface area contributed by atoms with Gasteiger partial charge in [-0.2, -0.15) is 0 Å². The van der Waals surface area contributed by atoms with Gasteiger partial charge in [-0.25, -0.2) is 8.42 Å². The number of carbonyl (C=O) groups is 2. The summed E-state index contributed by atoms with van der Waals surface area (Å²) < 4.78 is 34.1. The molecule has 3 aromatic rings. The van der Waals surface area contributed by atoms with E-state index in [1.165, 1.54) is 43.3 Å². The molecule has 10 heteroatoms. The van der Waals surface area contributed by atoms with Gasteiger partial charge >= 0.3 is 0 Å². The van der Waals surface area contributed by atoms with Gasteiger partial charge in [0.05, 0.1) is 17.7 Å². The Balaban J connectivity index is 2.11. The number of nitrogens with zero attached hydrogens (tertiary/aromatic N) is 2. The van der Waals surface area contributed by atoms with Crippen molar-refractivity contribution in [1.82, 2.24) is 10.2 Å². The second-order valence-corrected chi connectivity index (χ2v) is 10.5. The van der Waals surface area contributed by atoms with Crippen LogP contribution >= 0.6 is 11.6 Å². The largest absolute Gasteiger partial charge is 0.495 e. The number of hydrogen-bond acceptors (Lipinski definition) is 5. The predicted octanol–water partition coefficient (Wildman–Crippen LogP) is 4.10. The highest BCUT2D eigenvalue weighted by Crippen LogP contribution is 2.35. The van der Waals surface area contributed by atoms with Gasteiger partial charge in [0.1, 0.15) is 18.3 Å². The lowest BCUT2D eigenvalue weighted by Crippen LogP contribution is -2.51. The van der Waals surface area contributed by atoms with Crippen molar-refractivity contribution in [3.63, 3.8) is 0 Å². The lowest BCUT2D eigenvalue weighted by atomic mass is 10.1. The number of benzene rings is 3. The van der Waals surface area contributed by atoms with Crippen LogP contribution in [0.25, 0.3) is 0 Å². The van der Waals surface area contributed by atoms with Crippen molar-refractivity contribution in [3.05, 3.63) is 89.4 Å². The second kappa shape index (κ2) is 12.6. The first-order valence-corrected chi connectivity index (χ1v) is 13.5. The zero-order valence-electron chi connectivity index (χ0n) is 20.9. The van der Waals surface area contributed by atoms with Gasteiger partial charge < -0.3 is 15.0 Å². The van der Waals surface area contributed by atoms with Crippen LogP contribution in [-0.2, 0) is 26.2 Å². The lowest BCUT2D eigenvalue weighted by molar-refractivity contribution is -0.140. The summed E-state index contributed by atoms with van der Waals surface area (Å²) in [4.78, 5) is 28.0. The van der Waals surface area contributed by atoms with E-state index in [1.54, 1.807) is 31.2 Å². The second-order valence-electron chi connectivity index (χ2n) is 8.19. The highest BCUT2D eigenvalue weighted by atomic mass is 35.5. The van der Waals surface area contributed by atoms with E-state index < -0.39 is 28.5 Å². The minimum absolute atomic E-state index is 0.00205. The first-order valence-electron chi connectivity index (χ1n) is 11.7. The molecule has 0 unspecified atom stereocenters. The molecule has 0 aliphatic heterocycles. The molecule has 0 bridgehead atoms. The van der Waals surface area contributed by atoms with Crippen LogP contribution in [0, 0.1) is 0 Å². The van der Waals surface area contributed by atoms with E-state index in [-0.39, 0.29) is 33.8 Å². The number of likely N-dealkylation sites (N-methyl/N-ethyl adjacent to an activating group) is 1. The Bertz CT molecular complexity index is 1320. The highest BCUT2D eigenvalue weighted by Gasteiger charge is 2.34. The van der Waals surface area contributed by atoms with Crippen molar-refractivity contribution in [2.45, 2.75) is 30.8 Å². The van der Waals surface area contributed by atoms with Gasteiger partial charge in [-0.3, -0.25) is 13.9 Å². The molecule has 0 saturated carbocycles. The molecule has 2 amide bonds. The average molecular weight is 544 g/mol. The molecule has 1 N–H and O–H groups in total. The molecular formula is C27H30ClN3O5S. The van der Waals surface area contributed by atoms with Crippen molar-refractivity contribution in [2.75, 3.05) is 25.0 Å². The lowest BCUT2D eigenvalue weighted by Gasteiger charge is -2.33. The van der Waals surface area contributed by atoms with Gasteiger partial charge in [0.25, 0.3) is 10.0 Å². The number of amides is 2. The van der Waals surface area contributed by atoms with E-state index >= 15 is 0 Å². The number of sulfonamides is 1. The van der Waals surface area contributed by atoms with Crippen molar-refractivity contribution in [2.24, 2.45) is 0 Å². The monoisotopic (exact) mass is 543 g/mol. The number of anilines is 1. The van der Waals surface area contributed by atoms with Crippen LogP contribution in [0.4, 0.5) is 5.69 Å². The Morgan fingerprint density at radius 1 is 1.00 bits per heavy atom. The molecule has 0 aromatic heterocycles. The number of halogens is 1. The molecule has 0 aliphatic carbocycles. The summed E-state index contributed by atoms with van der Waals surface area (Å²) >= 11 is 6.23. The molecule has 0 fully saturated rings. The van der Waals surface area contributed by atoms with Crippen molar-refractivity contribution >= 4 is 39.1 Å². The van der Waals surface area contributed by atoms with Crippen LogP contribution in [-0.4, -0.2) is 51.9 Å². The zero-order chi connectivity index (χ0) is 27.0. The molecule has 8 nitrogen and oxygen atoms in total. The summed E-state index contributed by atoms with van der Waals surface area (Å²) in [6.45, 7) is 1.34. The van der Waals surface area contributed by atoms with Crippen molar-refractivity contribution < 1.29 is 22.7 Å². The maximum Gasteiger partial charge on any atom is 0.264 e. The van der Waals surface area contributed by atoms with Crippen LogP contribution in [0.5, 0.6) is 5.75 Å². The van der Waals surface area contributed by atoms with Crippen molar-refractivity contribution in [1.29, 1.82) is 0 Å². The Hall–Kier alpha value is -3.56. The first-order chi connectivity index (χ1) is 17.7. The number of ether oxygens (including phenoxy) is 1. The molecular weight excluding hydrogens is 514 g/mol. The topological polar surface area (TPSA) is 96.0 Å². The van der Waals surface area contributed by atoms with Gasteiger partial charge in [0.15, 0.2) is 0 Å². The van der Waals surface area contributed by atoms with Crippen molar-refractivity contribution in [3.8, 4) is 5.75 Å². The standard InChI is InChI=1S/C27H30ClN3O5S/c1-4-23(27(33)29-2)30(18-20-11-7-5-8-12-20)26(32)19-31(24-17-21(28)15-16-25(24)36-3)37(34,35)22-13-9-6-10-14-22/h5-17,23H,4,18-19H2,1-3H3,(H,29,33)/t23-/m0/s1. The van der Waals surface area contributed by atoms with Crippen LogP contribution in [0.15, 0.2) is 83.8 Å². The third-order valence-corrected chi connectivity index (χ3v) is 7.86. The van der Waals surface area contributed by atoms with E-state index in [0.29, 0.717) is 6.42 Å². The van der Waals surface area contributed by atoms with Gasteiger partial charge in [0.2, 0.25) is 11.8 Å². The third kappa shape index (κ3) is 6.61. The Morgan fingerprint density at radius 3 is 2.19 bits per heavy atom. The summed E-state index contributed by atoms with van der Waals surface area (Å²) in [7, 11) is -1.31. The minimum atomic E-state index is -4.22. The molecule has 0 radical (unpaired) electrons. The summed E-state index contributed by atoms with van der Waals surface area (Å²) in [5.74, 6) is -0.671. The zero-order valence-corrected chi connectivity index (χ0v) is 22.5. The molecule has 37 heavy (non-hydrogen) atoms. The SMILES string of the molecule is CC[C@@H](C(=O)NC)N(Cc1ccccc1)C(=O)CN(c1cc(Cl)ccc1OC)S(=O)(=O)c1ccccc1. The van der Waals surface area contributed by atoms with Crippen LogP contribution < -0.4 is 14.4 Å². The Kier molecular flexibility index (Phi) is 9.54. The van der Waals surface area contributed by atoms with E-state index in [9.17, 15) is 18.0 Å². The Morgan fingerprint density at radius 2 is 1.62 bits per heavy atom. The maximum atomic E-state index is 13.9. The number of carbonyl (C=O) groups excluding carboxylic acids is 2. The summed E-state index contributed by atoms with van der Waals surface area (Å²) in [5, 5.41) is 2.87. The van der Waals surface area contributed by atoms with Crippen LogP contribution in [0.1, 0.15) is 18.9 Å². The molecule has 0 aliphatic rings. The molecule has 196 valence electrons. The third-order valence-electron chi connectivity index (χ3n) is 5.85. The molecule has 3 rings (SSSR count). The van der Waals surface area contributed by atoms with Gasteiger partial charge in [-0.05, 0) is 42.3 Å². The molecule has 3 aromatic carbocycles. The van der Waals surface area contributed by atoms with E-state index in [0.717, 1.165) is 9.87 Å². The average Bonchev–Trinajstić information content (AvgIpc) is 2.92. The normalized spacial score (nSPS) is 11.9. The molecule has 0 saturated heterocycles. The number of rotatable bonds is 11. The predicted molar refractivity (Wildman–Crippen MR) is 144 cm³/mol. The quantitative estimate of drug-likeness (QED) is 0.393. The van der Waals surface area contributed by atoms with E-state index in [2.05, 4.69) is 5.32 Å². The van der Waals surface area contributed by atoms with Gasteiger partial charge in [-0.15, -0.1) is 0 Å². The van der Waals surface area contributed by atoms with E-state index in [1.807, 2.05) is 30.3 Å². The van der Waals surface area contributed by atoms with Gasteiger partial charge in [0, 0.05) is 18.6 Å². The smallest absolute Gasteiger partial charge is 0.264 e. The van der Waals surface area contributed by atoms with Gasteiger partial charge in [-0.1, -0.05) is 67.1 Å².